The van der Waals surface area contributed by atoms with Crippen molar-refractivity contribution in [3.8, 4) is 0 Å². The van der Waals surface area contributed by atoms with Crippen molar-refractivity contribution in [3.63, 3.8) is 0 Å². The molecule has 1 aliphatic heterocycles. The van der Waals surface area contributed by atoms with E-state index < -0.39 is 0 Å². The van der Waals surface area contributed by atoms with Crippen molar-refractivity contribution in [3.05, 3.63) is 71.2 Å². The maximum atomic E-state index is 13.5. The molecular formula is C26H34N4O2. The van der Waals surface area contributed by atoms with Crippen molar-refractivity contribution in [2.45, 2.75) is 32.7 Å². The minimum absolute atomic E-state index is 0.0153. The summed E-state index contributed by atoms with van der Waals surface area (Å²) in [6.07, 6.45) is 5.05. The fourth-order valence-corrected chi connectivity index (χ4v) is 4.49. The number of aryl methyl sites for hydroxylation is 1. The summed E-state index contributed by atoms with van der Waals surface area (Å²) in [6, 6.07) is 14.4. The first-order valence-corrected chi connectivity index (χ1v) is 11.5. The molecule has 0 atom stereocenters. The zero-order valence-electron chi connectivity index (χ0n) is 19.5. The van der Waals surface area contributed by atoms with Crippen molar-refractivity contribution in [1.82, 2.24) is 19.2 Å². The molecule has 6 nitrogen and oxygen atoms in total. The lowest BCUT2D eigenvalue weighted by Gasteiger charge is -2.27. The maximum Gasteiger partial charge on any atom is 0.274 e. The Morgan fingerprint density at radius 3 is 2.62 bits per heavy atom. The van der Waals surface area contributed by atoms with E-state index in [2.05, 4.69) is 28.5 Å². The molecule has 4 rings (SSSR count). The van der Waals surface area contributed by atoms with Gasteiger partial charge in [0.1, 0.15) is 5.65 Å². The molecule has 32 heavy (non-hydrogen) atoms. The van der Waals surface area contributed by atoms with Gasteiger partial charge in [-0.05, 0) is 56.3 Å². The number of nitrogens with zero attached hydrogens (tertiary/aromatic N) is 4. The van der Waals surface area contributed by atoms with Crippen LogP contribution in [0.25, 0.3) is 5.65 Å². The molecule has 2 aromatic heterocycles. The molecule has 0 spiro atoms. The highest BCUT2D eigenvalue weighted by Gasteiger charge is 2.24. The molecule has 0 aliphatic carbocycles. The Bertz CT molecular complexity index is 1040. The predicted molar refractivity (Wildman–Crippen MR) is 127 cm³/mol. The van der Waals surface area contributed by atoms with Gasteiger partial charge >= 0.3 is 0 Å². The summed E-state index contributed by atoms with van der Waals surface area (Å²) in [4.78, 5) is 22.4. The average molecular weight is 435 g/mol. The summed E-state index contributed by atoms with van der Waals surface area (Å²) in [5.74, 6) is 0.626. The number of imidazole rings is 1. The summed E-state index contributed by atoms with van der Waals surface area (Å²) < 4.78 is 7.60. The summed E-state index contributed by atoms with van der Waals surface area (Å²) in [6.45, 7) is 6.10. The van der Waals surface area contributed by atoms with Crippen molar-refractivity contribution < 1.29 is 9.53 Å². The van der Waals surface area contributed by atoms with E-state index in [1.165, 1.54) is 5.56 Å². The van der Waals surface area contributed by atoms with E-state index in [1.54, 1.807) is 4.90 Å². The van der Waals surface area contributed by atoms with Crippen LogP contribution >= 0.6 is 0 Å². The molecule has 0 unspecified atom stereocenters. The van der Waals surface area contributed by atoms with Crippen LogP contribution in [0.2, 0.25) is 0 Å². The molecule has 3 heterocycles. The Kier molecular flexibility index (Phi) is 7.22. The number of rotatable bonds is 8. The number of aromatic nitrogens is 2. The van der Waals surface area contributed by atoms with Crippen molar-refractivity contribution in [1.29, 1.82) is 0 Å². The van der Waals surface area contributed by atoms with Gasteiger partial charge in [-0.1, -0.05) is 36.4 Å². The van der Waals surface area contributed by atoms with E-state index in [0.717, 1.165) is 55.9 Å². The van der Waals surface area contributed by atoms with Gasteiger partial charge in [-0.25, -0.2) is 4.98 Å². The van der Waals surface area contributed by atoms with Gasteiger partial charge in [0.25, 0.3) is 5.91 Å². The topological polar surface area (TPSA) is 50.1 Å². The number of hydrogen-bond acceptors (Lipinski definition) is 4. The number of carbonyl (C=O) groups is 1. The molecule has 1 amide bonds. The molecule has 0 saturated carbocycles. The Morgan fingerprint density at radius 2 is 1.88 bits per heavy atom. The Balaban J connectivity index is 1.54. The predicted octanol–water partition coefficient (Wildman–Crippen LogP) is 3.82. The second-order valence-corrected chi connectivity index (χ2v) is 9.01. The lowest BCUT2D eigenvalue weighted by atomic mass is 10.00. The number of fused-ring (bicyclic) bond motifs is 1. The van der Waals surface area contributed by atoms with Crippen LogP contribution in [0.1, 0.15) is 40.2 Å². The molecule has 1 aliphatic rings. The lowest BCUT2D eigenvalue weighted by Crippen LogP contribution is -2.32. The van der Waals surface area contributed by atoms with Crippen LogP contribution in [0.3, 0.4) is 0 Å². The third kappa shape index (κ3) is 5.19. The van der Waals surface area contributed by atoms with Crippen LogP contribution in [0.15, 0.2) is 48.7 Å². The van der Waals surface area contributed by atoms with E-state index in [-0.39, 0.29) is 5.91 Å². The summed E-state index contributed by atoms with van der Waals surface area (Å²) in [5, 5.41) is 0. The van der Waals surface area contributed by atoms with Crippen LogP contribution < -0.4 is 0 Å². The first-order chi connectivity index (χ1) is 15.5. The molecule has 170 valence electrons. The van der Waals surface area contributed by atoms with Crippen LogP contribution in [-0.4, -0.2) is 65.5 Å². The second-order valence-electron chi connectivity index (χ2n) is 9.01. The number of pyridine rings is 1. The Labute approximate surface area is 190 Å². The summed E-state index contributed by atoms with van der Waals surface area (Å²) >= 11 is 0. The molecule has 0 bridgehead atoms. The number of amides is 1. The number of hydrogen-bond donors (Lipinski definition) is 0. The molecule has 1 aromatic carbocycles. The van der Waals surface area contributed by atoms with Crippen LogP contribution in [0.5, 0.6) is 0 Å². The Morgan fingerprint density at radius 1 is 1.12 bits per heavy atom. The van der Waals surface area contributed by atoms with Crippen molar-refractivity contribution in [2.24, 2.45) is 5.92 Å². The fourth-order valence-electron chi connectivity index (χ4n) is 4.49. The number of likely N-dealkylation sites (N-methyl/N-ethyl adjacent to an activating group) is 1. The minimum atomic E-state index is -0.0153. The van der Waals surface area contributed by atoms with Crippen molar-refractivity contribution >= 4 is 11.6 Å². The molecule has 3 aromatic rings. The lowest BCUT2D eigenvalue weighted by molar-refractivity contribution is 0.0547. The van der Waals surface area contributed by atoms with E-state index >= 15 is 0 Å². The van der Waals surface area contributed by atoms with Crippen molar-refractivity contribution in [2.75, 3.05) is 40.4 Å². The molecular weight excluding hydrogens is 400 g/mol. The van der Waals surface area contributed by atoms with Gasteiger partial charge in [0.2, 0.25) is 0 Å². The van der Waals surface area contributed by atoms with Gasteiger partial charge in [0, 0.05) is 46.1 Å². The third-order valence-corrected chi connectivity index (χ3v) is 6.40. The molecule has 1 fully saturated rings. The first kappa shape index (κ1) is 22.5. The zero-order valence-corrected chi connectivity index (χ0v) is 19.5. The number of benzene rings is 1. The summed E-state index contributed by atoms with van der Waals surface area (Å²) in [5.41, 5.74) is 4.70. The van der Waals surface area contributed by atoms with E-state index in [0.29, 0.717) is 24.7 Å². The Hall–Kier alpha value is -2.70. The van der Waals surface area contributed by atoms with Gasteiger partial charge < -0.3 is 18.9 Å². The highest BCUT2D eigenvalue weighted by molar-refractivity contribution is 5.94. The number of ether oxygens (including phenoxy) is 1. The summed E-state index contributed by atoms with van der Waals surface area (Å²) in [7, 11) is 4.01. The zero-order chi connectivity index (χ0) is 22.5. The number of carbonyl (C=O) groups excluding carboxylic acids is 1. The van der Waals surface area contributed by atoms with Gasteiger partial charge in [0.05, 0.1) is 5.69 Å². The van der Waals surface area contributed by atoms with Gasteiger partial charge in [-0.15, -0.1) is 0 Å². The highest BCUT2D eigenvalue weighted by atomic mass is 16.5. The molecule has 0 N–H and O–H groups in total. The van der Waals surface area contributed by atoms with Gasteiger partial charge in [0.15, 0.2) is 5.69 Å². The quantitative estimate of drug-likeness (QED) is 0.541. The maximum absolute atomic E-state index is 13.5. The fraction of sp³-hybridized carbons (Fsp3) is 0.462. The largest absolute Gasteiger partial charge is 0.381 e. The molecule has 6 heteroatoms. The van der Waals surface area contributed by atoms with E-state index in [9.17, 15) is 4.79 Å². The standard InChI is InChI=1S/C26H34N4O2/c1-20-8-7-14-30-23(19-28(2)18-22-12-16-32-17-13-22)24(27-25(20)30)26(31)29(3)15-11-21-9-5-4-6-10-21/h4-10,14,22H,11-13,15-19H2,1-3H3. The monoisotopic (exact) mass is 434 g/mol. The molecule has 0 radical (unpaired) electrons. The van der Waals surface area contributed by atoms with Gasteiger partial charge in [-0.3, -0.25) is 4.79 Å². The first-order valence-electron chi connectivity index (χ1n) is 11.5. The van der Waals surface area contributed by atoms with Crippen LogP contribution in [0.4, 0.5) is 0 Å². The SMILES string of the molecule is Cc1cccn2c(CN(C)CC3CCOCC3)c(C(=O)N(C)CCc3ccccc3)nc12. The van der Waals surface area contributed by atoms with Gasteiger partial charge in [-0.2, -0.15) is 0 Å². The van der Waals surface area contributed by atoms with Crippen LogP contribution in [0, 0.1) is 12.8 Å². The van der Waals surface area contributed by atoms with Crippen LogP contribution in [-0.2, 0) is 17.7 Å². The smallest absolute Gasteiger partial charge is 0.274 e. The molecule has 1 saturated heterocycles. The highest BCUT2D eigenvalue weighted by Crippen LogP contribution is 2.21. The van der Waals surface area contributed by atoms with E-state index in [1.807, 2.05) is 50.5 Å². The third-order valence-electron chi connectivity index (χ3n) is 6.40. The second kappa shape index (κ2) is 10.3. The minimum Gasteiger partial charge on any atom is -0.381 e. The van der Waals surface area contributed by atoms with E-state index in [4.69, 9.17) is 9.72 Å². The normalized spacial score (nSPS) is 14.9. The average Bonchev–Trinajstić information content (AvgIpc) is 3.17.